The Morgan fingerprint density at radius 1 is 1.33 bits per heavy atom. The van der Waals surface area contributed by atoms with E-state index in [0.29, 0.717) is 31.3 Å². The first-order valence-corrected chi connectivity index (χ1v) is 8.67. The van der Waals surface area contributed by atoms with E-state index in [-0.39, 0.29) is 11.4 Å². The van der Waals surface area contributed by atoms with Crippen molar-refractivity contribution in [2.24, 2.45) is 5.73 Å². The molecule has 1 aromatic carbocycles. The summed E-state index contributed by atoms with van der Waals surface area (Å²) >= 11 is 6.00. The fraction of sp³-hybridized carbons (Fsp3) is 0.538. The van der Waals surface area contributed by atoms with E-state index >= 15 is 0 Å². The molecule has 118 valence electrons. The van der Waals surface area contributed by atoms with Gasteiger partial charge in [-0.05, 0) is 17.7 Å². The lowest BCUT2D eigenvalue weighted by Crippen LogP contribution is -2.41. The Morgan fingerprint density at radius 2 is 2.05 bits per heavy atom. The molecule has 1 aromatic rings. The van der Waals surface area contributed by atoms with Gasteiger partial charge in [0.1, 0.15) is 0 Å². The lowest BCUT2D eigenvalue weighted by atomic mass is 10.2. The number of ether oxygens (including phenoxy) is 1. The maximum absolute atomic E-state index is 12.2. The first kappa shape index (κ1) is 16.7. The molecule has 21 heavy (non-hydrogen) atoms. The third-order valence-corrected chi connectivity index (χ3v) is 5.19. The van der Waals surface area contributed by atoms with Crippen LogP contribution in [0.4, 0.5) is 0 Å². The summed E-state index contributed by atoms with van der Waals surface area (Å²) in [5.74, 6) is 0. The second kappa shape index (κ2) is 7.53. The molecule has 3 N–H and O–H groups in total. The molecule has 0 atom stereocenters. The van der Waals surface area contributed by atoms with Crippen LogP contribution in [0.25, 0.3) is 0 Å². The molecule has 8 heteroatoms. The van der Waals surface area contributed by atoms with Crippen molar-refractivity contribution in [2.45, 2.75) is 11.4 Å². The van der Waals surface area contributed by atoms with E-state index in [1.807, 2.05) is 0 Å². The topological polar surface area (TPSA) is 84.7 Å². The fourth-order valence-electron chi connectivity index (χ4n) is 2.11. The SMILES string of the molecule is NCc1ccc(S(=O)(=O)NCCN2CCOCC2)cc1Cl. The number of morpholine rings is 1. The number of halogens is 1. The van der Waals surface area contributed by atoms with Crippen LogP contribution in [0.3, 0.4) is 0 Å². The lowest BCUT2D eigenvalue weighted by molar-refractivity contribution is 0.0390. The quantitative estimate of drug-likeness (QED) is 0.787. The highest BCUT2D eigenvalue weighted by Gasteiger charge is 2.16. The molecule has 0 spiro atoms. The van der Waals surface area contributed by atoms with E-state index < -0.39 is 10.0 Å². The minimum Gasteiger partial charge on any atom is -0.379 e. The number of hydrogen-bond donors (Lipinski definition) is 2. The van der Waals surface area contributed by atoms with Crippen molar-refractivity contribution in [1.82, 2.24) is 9.62 Å². The maximum Gasteiger partial charge on any atom is 0.240 e. The minimum atomic E-state index is -3.54. The van der Waals surface area contributed by atoms with Crippen LogP contribution < -0.4 is 10.5 Å². The molecule has 6 nitrogen and oxygen atoms in total. The summed E-state index contributed by atoms with van der Waals surface area (Å²) in [6.07, 6.45) is 0. The highest BCUT2D eigenvalue weighted by atomic mass is 35.5. The summed E-state index contributed by atoms with van der Waals surface area (Å²) in [5, 5.41) is 0.369. The lowest BCUT2D eigenvalue weighted by Gasteiger charge is -2.26. The van der Waals surface area contributed by atoms with Gasteiger partial charge in [0, 0.05) is 37.7 Å². The van der Waals surface area contributed by atoms with Gasteiger partial charge in [-0.1, -0.05) is 17.7 Å². The van der Waals surface area contributed by atoms with Gasteiger partial charge in [-0.2, -0.15) is 0 Å². The smallest absolute Gasteiger partial charge is 0.240 e. The molecule has 0 radical (unpaired) electrons. The van der Waals surface area contributed by atoms with Gasteiger partial charge < -0.3 is 10.5 Å². The molecule has 1 aliphatic rings. The van der Waals surface area contributed by atoms with Crippen LogP contribution in [-0.4, -0.2) is 52.7 Å². The van der Waals surface area contributed by atoms with E-state index in [2.05, 4.69) is 9.62 Å². The van der Waals surface area contributed by atoms with Crippen LogP contribution in [0.15, 0.2) is 23.1 Å². The van der Waals surface area contributed by atoms with Crippen LogP contribution in [0, 0.1) is 0 Å². The second-order valence-corrected chi connectivity index (χ2v) is 6.98. The molecule has 1 aliphatic heterocycles. The Bertz CT molecular complexity index is 574. The number of nitrogens with zero attached hydrogens (tertiary/aromatic N) is 1. The molecule has 0 aliphatic carbocycles. The van der Waals surface area contributed by atoms with Gasteiger partial charge in [0.05, 0.1) is 18.1 Å². The highest BCUT2D eigenvalue weighted by molar-refractivity contribution is 7.89. The molecule has 0 saturated carbocycles. The number of hydrogen-bond acceptors (Lipinski definition) is 5. The van der Waals surface area contributed by atoms with Gasteiger partial charge in [0.15, 0.2) is 0 Å². The predicted molar refractivity (Wildman–Crippen MR) is 81.8 cm³/mol. The van der Waals surface area contributed by atoms with Crippen molar-refractivity contribution in [1.29, 1.82) is 0 Å². The van der Waals surface area contributed by atoms with Crippen LogP contribution >= 0.6 is 11.6 Å². The van der Waals surface area contributed by atoms with E-state index in [1.54, 1.807) is 6.07 Å². The van der Waals surface area contributed by atoms with Crippen molar-refractivity contribution < 1.29 is 13.2 Å². The zero-order valence-electron chi connectivity index (χ0n) is 11.7. The molecule has 1 fully saturated rings. The van der Waals surface area contributed by atoms with E-state index in [9.17, 15) is 8.42 Å². The Morgan fingerprint density at radius 3 is 2.67 bits per heavy atom. The first-order chi connectivity index (χ1) is 10.0. The van der Waals surface area contributed by atoms with E-state index in [0.717, 1.165) is 18.7 Å². The fourth-order valence-corrected chi connectivity index (χ4v) is 3.48. The zero-order valence-corrected chi connectivity index (χ0v) is 13.3. The van der Waals surface area contributed by atoms with Crippen molar-refractivity contribution in [3.8, 4) is 0 Å². The minimum absolute atomic E-state index is 0.159. The van der Waals surface area contributed by atoms with E-state index in [4.69, 9.17) is 22.1 Å². The molecule has 0 amide bonds. The Hall–Kier alpha value is -0.700. The van der Waals surface area contributed by atoms with E-state index in [1.165, 1.54) is 12.1 Å². The van der Waals surface area contributed by atoms with Crippen molar-refractivity contribution in [3.05, 3.63) is 28.8 Å². The first-order valence-electron chi connectivity index (χ1n) is 6.81. The average Bonchev–Trinajstić information content (AvgIpc) is 2.48. The number of nitrogens with one attached hydrogen (secondary N) is 1. The highest BCUT2D eigenvalue weighted by Crippen LogP contribution is 2.20. The number of sulfonamides is 1. The van der Waals surface area contributed by atoms with Crippen LogP contribution in [0.1, 0.15) is 5.56 Å². The normalized spacial score (nSPS) is 17.0. The van der Waals surface area contributed by atoms with Crippen molar-refractivity contribution in [2.75, 3.05) is 39.4 Å². The molecule has 0 bridgehead atoms. The van der Waals surface area contributed by atoms with Crippen molar-refractivity contribution in [3.63, 3.8) is 0 Å². The molecule has 1 saturated heterocycles. The number of nitrogens with two attached hydrogens (primary N) is 1. The molecule has 1 heterocycles. The third-order valence-electron chi connectivity index (χ3n) is 3.38. The molecule has 0 unspecified atom stereocenters. The van der Waals surface area contributed by atoms with Gasteiger partial charge >= 0.3 is 0 Å². The van der Waals surface area contributed by atoms with Gasteiger partial charge in [-0.25, -0.2) is 13.1 Å². The monoisotopic (exact) mass is 333 g/mol. The van der Waals surface area contributed by atoms with Crippen molar-refractivity contribution >= 4 is 21.6 Å². The largest absolute Gasteiger partial charge is 0.379 e. The summed E-state index contributed by atoms with van der Waals surface area (Å²) < 4.78 is 32.2. The molecule has 2 rings (SSSR count). The zero-order chi connectivity index (χ0) is 15.3. The second-order valence-electron chi connectivity index (χ2n) is 4.81. The average molecular weight is 334 g/mol. The standard InChI is InChI=1S/C13H20ClN3O3S/c14-13-9-12(2-1-11(13)10-15)21(18,19)16-3-4-17-5-7-20-8-6-17/h1-2,9,16H,3-8,10,15H2. The van der Waals surface area contributed by atoms with Crippen LogP contribution in [-0.2, 0) is 21.3 Å². The molecular weight excluding hydrogens is 314 g/mol. The maximum atomic E-state index is 12.2. The summed E-state index contributed by atoms with van der Waals surface area (Å²) in [6, 6.07) is 4.59. The Labute approximate surface area is 130 Å². The van der Waals surface area contributed by atoms with Gasteiger partial charge in [-0.3, -0.25) is 4.90 Å². The molecular formula is C13H20ClN3O3S. The predicted octanol–water partition coefficient (Wildman–Crippen LogP) is 0.409. The number of benzene rings is 1. The van der Waals surface area contributed by atoms with Gasteiger partial charge in [-0.15, -0.1) is 0 Å². The molecule has 0 aromatic heterocycles. The van der Waals surface area contributed by atoms with Gasteiger partial charge in [0.2, 0.25) is 10.0 Å². The summed E-state index contributed by atoms with van der Waals surface area (Å²) in [6.45, 7) is 4.36. The number of rotatable bonds is 6. The third kappa shape index (κ3) is 4.64. The van der Waals surface area contributed by atoms with Crippen LogP contribution in [0.2, 0.25) is 5.02 Å². The summed E-state index contributed by atoms with van der Waals surface area (Å²) in [5.41, 5.74) is 6.23. The Balaban J connectivity index is 1.93. The van der Waals surface area contributed by atoms with Gasteiger partial charge in [0.25, 0.3) is 0 Å². The summed E-state index contributed by atoms with van der Waals surface area (Å²) in [7, 11) is -3.54. The Kier molecular flexibility index (Phi) is 5.98. The summed E-state index contributed by atoms with van der Waals surface area (Å²) in [4.78, 5) is 2.32. The van der Waals surface area contributed by atoms with Crippen LogP contribution in [0.5, 0.6) is 0 Å².